The first-order valence-corrected chi connectivity index (χ1v) is 9.66. The lowest BCUT2D eigenvalue weighted by Crippen LogP contribution is -2.31. The highest BCUT2D eigenvalue weighted by atomic mass is 32.1. The summed E-state index contributed by atoms with van der Waals surface area (Å²) in [6.45, 7) is 4.94. The summed E-state index contributed by atoms with van der Waals surface area (Å²) in [4.78, 5) is 20.4. The first-order valence-electron chi connectivity index (χ1n) is 8.78. The number of hydrogen-bond donors (Lipinski definition) is 1. The second kappa shape index (κ2) is 6.92. The smallest absolute Gasteiger partial charge is 0.258 e. The molecule has 1 N–H and O–H groups in total. The van der Waals surface area contributed by atoms with Crippen LogP contribution in [0.25, 0.3) is 0 Å². The number of aromatic nitrogens is 1. The predicted octanol–water partition coefficient (Wildman–Crippen LogP) is 5.03. The van der Waals surface area contributed by atoms with Crippen LogP contribution in [-0.2, 0) is 6.54 Å². The first kappa shape index (κ1) is 16.8. The summed E-state index contributed by atoms with van der Waals surface area (Å²) in [6.07, 6.45) is 1.49. The highest BCUT2D eigenvalue weighted by Gasteiger charge is 2.38. The number of rotatable bonds is 5. The van der Waals surface area contributed by atoms with Crippen LogP contribution < -0.4 is 5.32 Å². The van der Waals surface area contributed by atoms with E-state index in [9.17, 15) is 4.79 Å². The molecule has 0 bridgehead atoms. The Bertz CT molecular complexity index is 903. The summed E-state index contributed by atoms with van der Waals surface area (Å²) in [6, 6.07) is 16.2. The molecule has 1 amide bonds. The summed E-state index contributed by atoms with van der Waals surface area (Å²) in [5.74, 6) is 0.521. The van der Waals surface area contributed by atoms with E-state index < -0.39 is 0 Å². The van der Waals surface area contributed by atoms with Crippen molar-refractivity contribution in [3.63, 3.8) is 0 Å². The van der Waals surface area contributed by atoms with Crippen molar-refractivity contribution in [1.29, 1.82) is 0 Å². The van der Waals surface area contributed by atoms with Crippen molar-refractivity contribution < 1.29 is 4.79 Å². The maximum atomic E-state index is 12.9. The van der Waals surface area contributed by atoms with Gasteiger partial charge < -0.3 is 10.2 Å². The van der Waals surface area contributed by atoms with Crippen molar-refractivity contribution in [3.8, 4) is 0 Å². The lowest BCUT2D eigenvalue weighted by molar-refractivity contribution is 0.0729. The van der Waals surface area contributed by atoms with Crippen LogP contribution in [0.2, 0.25) is 0 Å². The molecule has 26 heavy (non-hydrogen) atoms. The average Bonchev–Trinajstić information content (AvgIpc) is 3.25. The topological polar surface area (TPSA) is 45.2 Å². The Morgan fingerprint density at radius 2 is 1.96 bits per heavy atom. The minimum absolute atomic E-state index is 0.0257. The molecule has 0 fully saturated rings. The molecule has 3 heterocycles. The number of carbonyl (C=O) groups is 1. The fourth-order valence-electron chi connectivity index (χ4n) is 3.24. The monoisotopic (exact) mass is 363 g/mol. The molecule has 132 valence electrons. The van der Waals surface area contributed by atoms with E-state index in [-0.39, 0.29) is 12.1 Å². The first-order chi connectivity index (χ1) is 12.6. The van der Waals surface area contributed by atoms with Gasteiger partial charge in [0.05, 0.1) is 17.8 Å². The van der Waals surface area contributed by atoms with Crippen LogP contribution in [-0.4, -0.2) is 15.8 Å². The van der Waals surface area contributed by atoms with E-state index in [1.54, 1.807) is 17.5 Å². The van der Waals surface area contributed by atoms with Gasteiger partial charge in [0, 0.05) is 16.8 Å². The third kappa shape index (κ3) is 3.10. The van der Waals surface area contributed by atoms with E-state index in [2.05, 4.69) is 54.5 Å². The minimum Gasteiger partial charge on any atom is -0.360 e. The highest BCUT2D eigenvalue weighted by Crippen LogP contribution is 2.34. The van der Waals surface area contributed by atoms with Crippen LogP contribution in [0, 0.1) is 0 Å². The lowest BCUT2D eigenvalue weighted by Gasteiger charge is -2.26. The molecule has 3 aromatic rings. The quantitative estimate of drug-likeness (QED) is 0.691. The van der Waals surface area contributed by atoms with Crippen molar-refractivity contribution in [2.75, 3.05) is 5.32 Å². The van der Waals surface area contributed by atoms with Crippen LogP contribution in [0.4, 0.5) is 5.69 Å². The predicted molar refractivity (Wildman–Crippen MR) is 105 cm³/mol. The maximum Gasteiger partial charge on any atom is 0.258 e. The highest BCUT2D eigenvalue weighted by molar-refractivity contribution is 7.09. The van der Waals surface area contributed by atoms with Gasteiger partial charge in [-0.2, -0.15) is 0 Å². The van der Waals surface area contributed by atoms with Gasteiger partial charge in [-0.25, -0.2) is 0 Å². The molecule has 1 aliphatic heterocycles. The molecule has 1 aliphatic rings. The summed E-state index contributed by atoms with van der Waals surface area (Å²) in [7, 11) is 0. The number of amides is 1. The number of anilines is 1. The maximum absolute atomic E-state index is 12.9. The Balaban J connectivity index is 1.64. The van der Waals surface area contributed by atoms with Crippen molar-refractivity contribution in [3.05, 3.63) is 81.8 Å². The van der Waals surface area contributed by atoms with Crippen LogP contribution in [0.1, 0.15) is 52.4 Å². The Morgan fingerprint density at radius 1 is 1.15 bits per heavy atom. The number of nitrogens with zero attached hydrogens (tertiary/aromatic N) is 2. The van der Waals surface area contributed by atoms with Crippen molar-refractivity contribution in [2.45, 2.75) is 32.5 Å². The van der Waals surface area contributed by atoms with Crippen LogP contribution in [0.5, 0.6) is 0 Å². The zero-order chi connectivity index (χ0) is 18.1. The minimum atomic E-state index is -0.259. The number of benzene rings is 1. The summed E-state index contributed by atoms with van der Waals surface area (Å²) in [5.41, 5.74) is 3.76. The van der Waals surface area contributed by atoms with Gasteiger partial charge in [-0.1, -0.05) is 32.0 Å². The molecule has 4 nitrogen and oxygen atoms in total. The van der Waals surface area contributed by atoms with Crippen molar-refractivity contribution >= 4 is 22.9 Å². The number of hydrogen-bond acceptors (Lipinski definition) is 4. The van der Waals surface area contributed by atoms with Gasteiger partial charge in [0.25, 0.3) is 5.91 Å². The molecular formula is C21H21N3OS. The van der Waals surface area contributed by atoms with Crippen molar-refractivity contribution in [1.82, 2.24) is 9.88 Å². The average molecular weight is 363 g/mol. The lowest BCUT2D eigenvalue weighted by atomic mass is 10.0. The number of fused-ring (bicyclic) bond motifs is 1. The molecule has 4 rings (SSSR count). The molecule has 1 aromatic carbocycles. The van der Waals surface area contributed by atoms with E-state index in [1.165, 1.54) is 5.56 Å². The molecule has 2 aromatic heterocycles. The Hall–Kier alpha value is -2.66. The van der Waals surface area contributed by atoms with Gasteiger partial charge in [-0.3, -0.25) is 9.78 Å². The second-order valence-electron chi connectivity index (χ2n) is 6.77. The Kier molecular flexibility index (Phi) is 4.47. The second-order valence-corrected chi connectivity index (χ2v) is 7.80. The standard InChI is InChI=1S/C21H21N3OS/c1-14(2)15-7-9-16(10-8-15)23-20-19-18(6-3-11-22-19)21(25)24(20)13-17-5-4-12-26-17/h3-12,14,20,23H,13H2,1-2H3/t20-/m1/s1. The van der Waals surface area contributed by atoms with Gasteiger partial charge in [0.15, 0.2) is 0 Å². The Labute approximate surface area is 157 Å². The molecule has 5 heteroatoms. The molecule has 0 aliphatic carbocycles. The summed E-state index contributed by atoms with van der Waals surface area (Å²) >= 11 is 1.66. The Morgan fingerprint density at radius 3 is 2.65 bits per heavy atom. The van der Waals surface area contributed by atoms with Crippen LogP contribution in [0.3, 0.4) is 0 Å². The molecule has 0 spiro atoms. The summed E-state index contributed by atoms with van der Waals surface area (Å²) < 4.78 is 0. The molecule has 0 radical (unpaired) electrons. The molecular weight excluding hydrogens is 342 g/mol. The van der Waals surface area contributed by atoms with Gasteiger partial charge in [0.1, 0.15) is 6.17 Å². The SMILES string of the molecule is CC(C)c1ccc(N[C@H]2c3ncccc3C(=O)N2Cc2cccs2)cc1. The van der Waals surface area contributed by atoms with Crippen LogP contribution in [0.15, 0.2) is 60.1 Å². The number of carbonyl (C=O) groups excluding carboxylic acids is 1. The zero-order valence-corrected chi connectivity index (χ0v) is 15.7. The molecule has 1 atom stereocenters. The van der Waals surface area contributed by atoms with Crippen LogP contribution >= 0.6 is 11.3 Å². The fraction of sp³-hybridized carbons (Fsp3) is 0.238. The van der Waals surface area contributed by atoms with Gasteiger partial charge in [-0.15, -0.1) is 11.3 Å². The number of pyridine rings is 1. The van der Waals surface area contributed by atoms with Gasteiger partial charge in [0.2, 0.25) is 0 Å². The summed E-state index contributed by atoms with van der Waals surface area (Å²) in [5, 5.41) is 5.54. The molecule has 0 saturated carbocycles. The van der Waals surface area contributed by atoms with Gasteiger partial charge >= 0.3 is 0 Å². The van der Waals surface area contributed by atoms with E-state index in [4.69, 9.17) is 0 Å². The fourth-order valence-corrected chi connectivity index (χ4v) is 3.94. The third-order valence-corrected chi connectivity index (χ3v) is 5.55. The van der Waals surface area contributed by atoms with E-state index in [1.807, 2.05) is 28.5 Å². The number of nitrogens with one attached hydrogen (secondary N) is 1. The normalized spacial score (nSPS) is 16.2. The largest absolute Gasteiger partial charge is 0.360 e. The molecule has 0 saturated heterocycles. The number of thiophene rings is 1. The zero-order valence-electron chi connectivity index (χ0n) is 14.8. The third-order valence-electron chi connectivity index (χ3n) is 4.69. The molecule has 0 unspecified atom stereocenters. The van der Waals surface area contributed by atoms with E-state index in [0.717, 1.165) is 16.3 Å². The van der Waals surface area contributed by atoms with Gasteiger partial charge in [-0.05, 0) is 47.2 Å². The van der Waals surface area contributed by atoms with E-state index in [0.29, 0.717) is 18.0 Å². The van der Waals surface area contributed by atoms with Crippen molar-refractivity contribution in [2.24, 2.45) is 0 Å². The van der Waals surface area contributed by atoms with E-state index >= 15 is 0 Å².